The van der Waals surface area contributed by atoms with Crippen molar-refractivity contribution >= 4 is 11.7 Å². The number of aryl methyl sites for hydroxylation is 1. The number of nitriles is 1. The summed E-state index contributed by atoms with van der Waals surface area (Å²) in [4.78, 5) is 18.6. The topological polar surface area (TPSA) is 108 Å². The molecule has 0 unspecified atom stereocenters. The zero-order valence-electron chi connectivity index (χ0n) is 18.8. The smallest absolute Gasteiger partial charge is 0.392 e. The number of benzene rings is 2. The van der Waals surface area contributed by atoms with Gasteiger partial charge in [-0.2, -0.15) is 18.4 Å². The van der Waals surface area contributed by atoms with Crippen LogP contribution in [0.4, 0.5) is 19.0 Å². The third kappa shape index (κ3) is 3.87. The Labute approximate surface area is 202 Å². The molecule has 5 rings (SSSR count). The first-order valence-electron chi connectivity index (χ1n) is 10.7. The van der Waals surface area contributed by atoms with Crippen LogP contribution in [0, 0.1) is 11.3 Å². The van der Waals surface area contributed by atoms with Crippen molar-refractivity contribution in [1.29, 1.82) is 5.26 Å². The van der Waals surface area contributed by atoms with Gasteiger partial charge in [0.05, 0.1) is 30.3 Å². The summed E-state index contributed by atoms with van der Waals surface area (Å²) in [6, 6.07) is 12.6. The number of alkyl halides is 3. The van der Waals surface area contributed by atoms with Gasteiger partial charge in [0.1, 0.15) is 12.1 Å². The largest absolute Gasteiger partial charge is 0.416 e. The third-order valence-corrected chi connectivity index (χ3v) is 6.02. The summed E-state index contributed by atoms with van der Waals surface area (Å²) < 4.78 is 42.8. The number of aliphatic hydroxyl groups excluding tert-OH is 1. The highest BCUT2D eigenvalue weighted by molar-refractivity contribution is 6.10. The normalized spacial score (nSPS) is 13.1. The number of amides is 1. The van der Waals surface area contributed by atoms with Gasteiger partial charge in [-0.05, 0) is 58.7 Å². The van der Waals surface area contributed by atoms with E-state index in [1.807, 2.05) is 0 Å². The highest BCUT2D eigenvalue weighted by Crippen LogP contribution is 2.40. The van der Waals surface area contributed by atoms with Gasteiger partial charge in [0, 0.05) is 24.4 Å². The first kappa shape index (κ1) is 23.2. The fourth-order valence-corrected chi connectivity index (χ4v) is 4.31. The van der Waals surface area contributed by atoms with Crippen molar-refractivity contribution in [3.8, 4) is 28.6 Å². The van der Waals surface area contributed by atoms with Crippen LogP contribution in [0.3, 0.4) is 0 Å². The van der Waals surface area contributed by atoms with Gasteiger partial charge >= 0.3 is 6.18 Å². The van der Waals surface area contributed by atoms with Crippen molar-refractivity contribution in [3.63, 3.8) is 0 Å². The van der Waals surface area contributed by atoms with E-state index in [2.05, 4.69) is 21.3 Å². The van der Waals surface area contributed by atoms with E-state index in [1.165, 1.54) is 23.5 Å². The molecule has 3 heterocycles. The molecule has 2 aromatic heterocycles. The van der Waals surface area contributed by atoms with Crippen molar-refractivity contribution in [2.45, 2.75) is 19.3 Å². The lowest BCUT2D eigenvalue weighted by atomic mass is 9.97. The zero-order valence-corrected chi connectivity index (χ0v) is 18.8. The number of pyridine rings is 1. The summed E-state index contributed by atoms with van der Waals surface area (Å²) in [7, 11) is 1.76. The van der Waals surface area contributed by atoms with Gasteiger partial charge in [-0.3, -0.25) is 9.69 Å². The number of halogens is 3. The summed E-state index contributed by atoms with van der Waals surface area (Å²) in [6.07, 6.45) is -1.70. The Morgan fingerprint density at radius 2 is 1.92 bits per heavy atom. The number of aromatic nitrogens is 4. The minimum Gasteiger partial charge on any atom is -0.392 e. The van der Waals surface area contributed by atoms with Gasteiger partial charge in [-0.25, -0.2) is 4.98 Å². The van der Waals surface area contributed by atoms with Crippen LogP contribution in [-0.2, 0) is 26.4 Å². The van der Waals surface area contributed by atoms with Gasteiger partial charge in [0.25, 0.3) is 5.91 Å². The molecular weight excluding hydrogens is 473 g/mol. The molecule has 0 fully saturated rings. The van der Waals surface area contributed by atoms with Crippen LogP contribution in [-0.4, -0.2) is 30.8 Å². The minimum atomic E-state index is -4.69. The molecule has 0 atom stereocenters. The molecule has 1 aliphatic rings. The van der Waals surface area contributed by atoms with Crippen LogP contribution in [0.15, 0.2) is 55.0 Å². The predicted molar refractivity (Wildman–Crippen MR) is 122 cm³/mol. The average Bonchev–Trinajstić information content (AvgIpc) is 3.45. The van der Waals surface area contributed by atoms with E-state index in [4.69, 9.17) is 0 Å². The fraction of sp³-hybridized carbons (Fsp3) is 0.160. The second kappa shape index (κ2) is 8.58. The molecular formula is C25H17F3N6O2. The lowest BCUT2D eigenvalue weighted by Gasteiger charge is -2.17. The van der Waals surface area contributed by atoms with E-state index in [1.54, 1.807) is 41.9 Å². The number of aliphatic hydroxyl groups is 1. The highest BCUT2D eigenvalue weighted by atomic mass is 19.4. The van der Waals surface area contributed by atoms with Gasteiger partial charge in [0.2, 0.25) is 0 Å². The SMILES string of the molecule is Cn1cnnc1-c1cc(C#N)ccc1-c1ccnc(N2Cc3c(cc(CO)cc3C(F)(F)F)C2=O)c1. The van der Waals surface area contributed by atoms with Crippen LogP contribution < -0.4 is 4.90 Å². The van der Waals surface area contributed by atoms with E-state index < -0.39 is 24.3 Å². The Morgan fingerprint density at radius 3 is 2.58 bits per heavy atom. The van der Waals surface area contributed by atoms with Gasteiger partial charge < -0.3 is 9.67 Å². The van der Waals surface area contributed by atoms with Crippen LogP contribution in [0.2, 0.25) is 0 Å². The maximum atomic E-state index is 13.7. The third-order valence-electron chi connectivity index (χ3n) is 6.02. The molecule has 0 aliphatic carbocycles. The molecule has 36 heavy (non-hydrogen) atoms. The summed E-state index contributed by atoms with van der Waals surface area (Å²) in [5.74, 6) is 0.0425. The molecule has 0 radical (unpaired) electrons. The molecule has 180 valence electrons. The Balaban J connectivity index is 1.59. The molecule has 2 aromatic carbocycles. The number of carbonyl (C=O) groups excluding carboxylic acids is 1. The maximum absolute atomic E-state index is 13.7. The maximum Gasteiger partial charge on any atom is 0.416 e. The summed E-state index contributed by atoms with van der Waals surface area (Å²) in [5.41, 5.74) is 1.12. The van der Waals surface area contributed by atoms with Crippen molar-refractivity contribution < 1.29 is 23.1 Å². The number of carbonyl (C=O) groups is 1. The Hall–Kier alpha value is -4.56. The molecule has 1 amide bonds. The molecule has 1 N–H and O–H groups in total. The van der Waals surface area contributed by atoms with E-state index in [0.29, 0.717) is 28.1 Å². The predicted octanol–water partition coefficient (Wildman–Crippen LogP) is 4.09. The Morgan fingerprint density at radius 1 is 1.11 bits per heavy atom. The quantitative estimate of drug-likeness (QED) is 0.462. The molecule has 11 heteroatoms. The van der Waals surface area contributed by atoms with E-state index >= 15 is 0 Å². The Kier molecular flexibility index (Phi) is 5.53. The molecule has 0 saturated carbocycles. The lowest BCUT2D eigenvalue weighted by molar-refractivity contribution is -0.138. The monoisotopic (exact) mass is 490 g/mol. The molecule has 4 aromatic rings. The highest BCUT2D eigenvalue weighted by Gasteiger charge is 2.40. The van der Waals surface area contributed by atoms with Crippen LogP contribution in [0.1, 0.15) is 32.6 Å². The standard InChI is InChI=1S/C25H17F3N6O2/c1-33-13-31-32-23(33)18-6-14(10-29)2-3-17(18)16-4-5-30-22(9-16)34-11-20-19(24(34)36)7-15(12-35)8-21(20)25(26,27)28/h2-9,13,35H,11-12H2,1H3. The summed E-state index contributed by atoms with van der Waals surface area (Å²) in [5, 5.41) is 26.8. The summed E-state index contributed by atoms with van der Waals surface area (Å²) >= 11 is 0. The van der Waals surface area contributed by atoms with Crippen molar-refractivity contribution in [1.82, 2.24) is 19.7 Å². The van der Waals surface area contributed by atoms with Crippen LogP contribution in [0.5, 0.6) is 0 Å². The molecule has 0 saturated heterocycles. The molecule has 0 bridgehead atoms. The zero-order chi connectivity index (χ0) is 25.6. The minimum absolute atomic E-state index is 0.00360. The van der Waals surface area contributed by atoms with Gasteiger partial charge in [0.15, 0.2) is 5.82 Å². The van der Waals surface area contributed by atoms with Crippen molar-refractivity contribution in [3.05, 3.63) is 82.8 Å². The van der Waals surface area contributed by atoms with Gasteiger partial charge in [-0.1, -0.05) is 6.07 Å². The second-order valence-electron chi connectivity index (χ2n) is 8.26. The van der Waals surface area contributed by atoms with Crippen molar-refractivity contribution in [2.24, 2.45) is 7.05 Å². The Bertz CT molecular complexity index is 1550. The van der Waals surface area contributed by atoms with E-state index in [9.17, 15) is 28.3 Å². The lowest BCUT2D eigenvalue weighted by Crippen LogP contribution is -2.24. The molecule has 8 nitrogen and oxygen atoms in total. The summed E-state index contributed by atoms with van der Waals surface area (Å²) in [6.45, 7) is -0.935. The van der Waals surface area contributed by atoms with E-state index in [0.717, 1.165) is 6.07 Å². The van der Waals surface area contributed by atoms with Crippen molar-refractivity contribution in [2.75, 3.05) is 4.90 Å². The number of hydrogen-bond acceptors (Lipinski definition) is 6. The number of anilines is 1. The first-order chi connectivity index (χ1) is 17.2. The number of rotatable bonds is 4. The number of nitrogens with zero attached hydrogens (tertiary/aromatic N) is 6. The van der Waals surface area contributed by atoms with Crippen LogP contribution >= 0.6 is 0 Å². The van der Waals surface area contributed by atoms with E-state index in [-0.39, 0.29) is 29.1 Å². The number of hydrogen-bond donors (Lipinski definition) is 1. The molecule has 1 aliphatic heterocycles. The van der Waals surface area contributed by atoms with Gasteiger partial charge in [-0.15, -0.1) is 10.2 Å². The average molecular weight is 490 g/mol. The number of fused-ring (bicyclic) bond motifs is 1. The second-order valence-corrected chi connectivity index (χ2v) is 8.26. The molecule has 0 spiro atoms. The van der Waals surface area contributed by atoms with Crippen LogP contribution in [0.25, 0.3) is 22.5 Å². The first-order valence-corrected chi connectivity index (χ1v) is 10.7. The fourth-order valence-electron chi connectivity index (χ4n) is 4.31.